The Morgan fingerprint density at radius 2 is 1.54 bits per heavy atom. The number of hydrogen-bond acceptors (Lipinski definition) is 3. The Labute approximate surface area is 146 Å². The number of likely N-dealkylation sites (tertiary alicyclic amines) is 1. The Balaban J connectivity index is 3.63. The molecule has 0 spiro atoms. The zero-order chi connectivity index (χ0) is 19.4. The topological polar surface area (TPSA) is 87.1 Å². The van der Waals surface area contributed by atoms with Gasteiger partial charge in [0.05, 0.1) is 5.60 Å². The van der Waals surface area contributed by atoms with Gasteiger partial charge in [0.25, 0.3) is 0 Å². The van der Waals surface area contributed by atoms with E-state index in [1.165, 1.54) is 6.92 Å². The highest BCUT2D eigenvalue weighted by atomic mass is 28.4. The standard InChI is InChI=1S/C17H33NO5Si/c1-14(2,3)17(23-24(8,9)15(4,5)6)10-11-18(13(21)22)16(17,7)12(19)20/h10-11H2,1-9H3,(H,19,20)(H,21,22)/t16-,17+/m1/s1. The molecule has 0 aromatic rings. The van der Waals surface area contributed by atoms with Gasteiger partial charge in [-0.3, -0.25) is 4.90 Å². The molecule has 1 amide bonds. The molecule has 0 radical (unpaired) electrons. The first-order valence-corrected chi connectivity index (χ1v) is 11.3. The van der Waals surface area contributed by atoms with Gasteiger partial charge in [0.15, 0.2) is 13.9 Å². The van der Waals surface area contributed by atoms with Crippen LogP contribution in [0.25, 0.3) is 0 Å². The number of amides is 1. The van der Waals surface area contributed by atoms with Crippen LogP contribution in [-0.2, 0) is 9.22 Å². The molecule has 24 heavy (non-hydrogen) atoms. The molecule has 1 fully saturated rings. The van der Waals surface area contributed by atoms with Crippen molar-refractivity contribution in [2.45, 2.75) is 84.2 Å². The van der Waals surface area contributed by atoms with Crippen LogP contribution in [0.15, 0.2) is 0 Å². The van der Waals surface area contributed by atoms with Crippen molar-refractivity contribution in [3.8, 4) is 0 Å². The lowest BCUT2D eigenvalue weighted by Gasteiger charge is -2.55. The van der Waals surface area contributed by atoms with Crippen LogP contribution in [0.3, 0.4) is 0 Å². The molecule has 2 atom stereocenters. The van der Waals surface area contributed by atoms with Crippen molar-refractivity contribution >= 4 is 20.4 Å². The molecular formula is C17H33NO5Si. The van der Waals surface area contributed by atoms with Crippen molar-refractivity contribution in [1.82, 2.24) is 4.90 Å². The molecule has 140 valence electrons. The Morgan fingerprint density at radius 1 is 1.08 bits per heavy atom. The van der Waals surface area contributed by atoms with Crippen LogP contribution in [0.4, 0.5) is 4.79 Å². The van der Waals surface area contributed by atoms with Gasteiger partial charge < -0.3 is 14.6 Å². The summed E-state index contributed by atoms with van der Waals surface area (Å²) >= 11 is 0. The first kappa shape index (κ1) is 21.0. The molecule has 0 aromatic heterocycles. The van der Waals surface area contributed by atoms with Gasteiger partial charge in [0, 0.05) is 6.54 Å². The molecule has 0 bridgehead atoms. The molecule has 0 aromatic carbocycles. The zero-order valence-electron chi connectivity index (χ0n) is 16.5. The second-order valence-electron chi connectivity index (χ2n) is 9.50. The summed E-state index contributed by atoms with van der Waals surface area (Å²) in [5.41, 5.74) is -3.26. The van der Waals surface area contributed by atoms with E-state index in [2.05, 4.69) is 33.9 Å². The monoisotopic (exact) mass is 359 g/mol. The van der Waals surface area contributed by atoms with E-state index in [1.54, 1.807) is 0 Å². The van der Waals surface area contributed by atoms with Gasteiger partial charge in [-0.05, 0) is 36.9 Å². The van der Waals surface area contributed by atoms with Crippen LogP contribution < -0.4 is 0 Å². The molecule has 0 saturated carbocycles. The highest BCUT2D eigenvalue weighted by Crippen LogP contribution is 2.55. The fourth-order valence-electron chi connectivity index (χ4n) is 3.53. The van der Waals surface area contributed by atoms with Gasteiger partial charge >= 0.3 is 12.1 Å². The predicted octanol–water partition coefficient (Wildman–Crippen LogP) is 4.02. The molecule has 1 rings (SSSR count). The average molecular weight is 360 g/mol. The van der Waals surface area contributed by atoms with Gasteiger partial charge in [-0.1, -0.05) is 41.5 Å². The van der Waals surface area contributed by atoms with E-state index < -0.39 is 36.9 Å². The fraction of sp³-hybridized carbons (Fsp3) is 0.882. The Kier molecular flexibility index (Phi) is 5.00. The maximum atomic E-state index is 12.3. The highest BCUT2D eigenvalue weighted by molar-refractivity contribution is 6.74. The van der Waals surface area contributed by atoms with Crippen molar-refractivity contribution in [2.75, 3.05) is 6.54 Å². The largest absolute Gasteiger partial charge is 0.479 e. The Bertz CT molecular complexity index is 534. The lowest BCUT2D eigenvalue weighted by Crippen LogP contribution is -2.70. The van der Waals surface area contributed by atoms with Gasteiger partial charge in [-0.15, -0.1) is 0 Å². The number of carboxylic acid groups (broad SMARTS) is 2. The van der Waals surface area contributed by atoms with E-state index in [0.29, 0.717) is 6.42 Å². The van der Waals surface area contributed by atoms with Crippen molar-refractivity contribution in [1.29, 1.82) is 0 Å². The number of rotatable bonds is 3. The summed E-state index contributed by atoms with van der Waals surface area (Å²) in [5.74, 6) is -1.16. The van der Waals surface area contributed by atoms with E-state index in [-0.39, 0.29) is 11.6 Å². The van der Waals surface area contributed by atoms with E-state index >= 15 is 0 Å². The van der Waals surface area contributed by atoms with Crippen molar-refractivity contribution < 1.29 is 24.2 Å². The van der Waals surface area contributed by atoms with Crippen molar-refractivity contribution in [3.63, 3.8) is 0 Å². The van der Waals surface area contributed by atoms with Crippen LogP contribution in [0.1, 0.15) is 54.9 Å². The molecule has 1 heterocycles. The number of carboxylic acids is 1. The molecule has 1 aliphatic rings. The minimum Gasteiger partial charge on any atom is -0.479 e. The third kappa shape index (κ3) is 2.85. The fourth-order valence-corrected chi connectivity index (χ4v) is 5.31. The third-order valence-corrected chi connectivity index (χ3v) is 10.6. The lowest BCUT2D eigenvalue weighted by atomic mass is 9.65. The number of hydrogen-bond donors (Lipinski definition) is 2. The number of carbonyl (C=O) groups is 2. The summed E-state index contributed by atoms with van der Waals surface area (Å²) in [6.07, 6.45) is -0.845. The molecule has 0 unspecified atom stereocenters. The van der Waals surface area contributed by atoms with Gasteiger partial charge in [0.1, 0.15) is 0 Å². The maximum absolute atomic E-state index is 12.3. The van der Waals surface area contributed by atoms with Crippen molar-refractivity contribution in [3.05, 3.63) is 0 Å². The van der Waals surface area contributed by atoms with E-state index in [1.807, 2.05) is 20.8 Å². The summed E-state index contributed by atoms with van der Waals surface area (Å²) in [4.78, 5) is 25.0. The Morgan fingerprint density at radius 3 is 1.83 bits per heavy atom. The quantitative estimate of drug-likeness (QED) is 0.743. The third-order valence-electron chi connectivity index (χ3n) is 6.11. The van der Waals surface area contributed by atoms with Crippen LogP contribution in [0, 0.1) is 5.41 Å². The zero-order valence-corrected chi connectivity index (χ0v) is 17.5. The van der Waals surface area contributed by atoms with Gasteiger partial charge in [0.2, 0.25) is 0 Å². The SMILES string of the molecule is CC(C)(C)[C@@]1(O[Si](C)(C)C(C)(C)C)CCN(C(=O)O)[C@]1(C)C(=O)O. The van der Waals surface area contributed by atoms with Crippen LogP contribution in [0.2, 0.25) is 18.1 Å². The number of aliphatic carboxylic acids is 1. The van der Waals surface area contributed by atoms with Crippen LogP contribution in [-0.4, -0.2) is 53.2 Å². The van der Waals surface area contributed by atoms with Gasteiger partial charge in [-0.2, -0.15) is 0 Å². The van der Waals surface area contributed by atoms with E-state index in [9.17, 15) is 19.8 Å². The molecular weight excluding hydrogens is 326 g/mol. The van der Waals surface area contributed by atoms with Crippen LogP contribution in [0.5, 0.6) is 0 Å². The highest BCUT2D eigenvalue weighted by Gasteiger charge is 2.70. The average Bonchev–Trinajstić information content (AvgIpc) is 2.62. The van der Waals surface area contributed by atoms with Crippen LogP contribution >= 0.6 is 0 Å². The summed E-state index contributed by atoms with van der Waals surface area (Å²) in [6.45, 7) is 17.9. The molecule has 1 aliphatic heterocycles. The molecule has 0 aliphatic carbocycles. The second-order valence-corrected chi connectivity index (χ2v) is 14.2. The van der Waals surface area contributed by atoms with Gasteiger partial charge in [-0.25, -0.2) is 9.59 Å². The summed E-state index contributed by atoms with van der Waals surface area (Å²) in [6, 6.07) is 0. The molecule has 2 N–H and O–H groups in total. The smallest absolute Gasteiger partial charge is 0.408 e. The number of nitrogens with zero attached hydrogens (tertiary/aromatic N) is 1. The minimum atomic E-state index is -2.33. The molecule has 6 nitrogen and oxygen atoms in total. The van der Waals surface area contributed by atoms with E-state index in [0.717, 1.165) is 4.90 Å². The maximum Gasteiger partial charge on any atom is 0.408 e. The van der Waals surface area contributed by atoms with Crippen molar-refractivity contribution in [2.24, 2.45) is 5.41 Å². The molecule has 7 heteroatoms. The summed E-state index contributed by atoms with van der Waals surface area (Å²) < 4.78 is 6.73. The lowest BCUT2D eigenvalue weighted by molar-refractivity contribution is -0.170. The first-order chi connectivity index (χ1) is 10.4. The Hall–Kier alpha value is -1.08. The first-order valence-electron chi connectivity index (χ1n) is 8.38. The second kappa shape index (κ2) is 5.73. The summed E-state index contributed by atoms with van der Waals surface area (Å²) in [5, 5.41) is 19.5. The minimum absolute atomic E-state index is 0.110. The predicted molar refractivity (Wildman–Crippen MR) is 95.9 cm³/mol. The molecule has 1 saturated heterocycles. The summed E-state index contributed by atoms with van der Waals surface area (Å²) in [7, 11) is -2.33. The van der Waals surface area contributed by atoms with E-state index in [4.69, 9.17) is 4.43 Å². The normalized spacial score (nSPS) is 29.0.